The minimum atomic E-state index is -0.452. The Bertz CT molecular complexity index is 175. The predicted octanol–water partition coefficient (Wildman–Crippen LogP) is 3.16. The van der Waals surface area contributed by atoms with Crippen LogP contribution in [0.25, 0.3) is 0 Å². The van der Waals surface area contributed by atoms with Gasteiger partial charge in [-0.15, -0.1) is 0 Å². The van der Waals surface area contributed by atoms with Crippen LogP contribution in [-0.4, -0.2) is 5.97 Å². The first-order valence-electron chi connectivity index (χ1n) is 3.06. The van der Waals surface area contributed by atoms with Crippen molar-refractivity contribution in [3.63, 3.8) is 0 Å². The molecule has 0 spiro atoms. The van der Waals surface area contributed by atoms with E-state index in [9.17, 15) is 4.79 Å². The molecule has 0 unspecified atom stereocenters. The van der Waals surface area contributed by atoms with Crippen LogP contribution in [0.4, 0.5) is 0 Å². The Morgan fingerprint density at radius 1 is 1.36 bits per heavy atom. The molecule has 0 bridgehead atoms. The predicted molar refractivity (Wildman–Crippen MR) is 51.5 cm³/mol. The third-order valence-electron chi connectivity index (χ3n) is 0.867. The third-order valence-corrected chi connectivity index (χ3v) is 1.24. The lowest BCUT2D eigenvalue weighted by Crippen LogP contribution is -2.20. The van der Waals surface area contributed by atoms with Crippen LogP contribution in [0.2, 0.25) is 0 Å². The lowest BCUT2D eigenvalue weighted by molar-refractivity contribution is -0.146. The Hall–Kier alpha value is 0.170. The zero-order valence-electron chi connectivity index (χ0n) is 6.65. The summed E-state index contributed by atoms with van der Waals surface area (Å²) in [5.74, 6) is -0.256. The molecule has 4 heteroatoms. The molecule has 64 valence electrons. The number of carbonyl (C=O) groups is 1. The highest BCUT2D eigenvalue weighted by atomic mass is 79.9. The van der Waals surface area contributed by atoms with Gasteiger partial charge in [-0.05, 0) is 52.6 Å². The number of hydrogen-bond donors (Lipinski definition) is 0. The smallest absolute Gasteiger partial charge is 0.316 e. The van der Waals surface area contributed by atoms with E-state index in [1.165, 1.54) is 6.26 Å². The van der Waals surface area contributed by atoms with Gasteiger partial charge in [-0.25, -0.2) is 0 Å². The normalized spacial score (nSPS) is 10.6. The fourth-order valence-electron chi connectivity index (χ4n) is 0.275. The van der Waals surface area contributed by atoms with Crippen molar-refractivity contribution in [1.29, 1.82) is 0 Å². The zero-order chi connectivity index (χ0) is 9.07. The SMILES string of the molecule is CC(C)(C)C(=O)OC=C(Br)Br. The van der Waals surface area contributed by atoms with E-state index in [2.05, 4.69) is 31.9 Å². The molecule has 0 fully saturated rings. The van der Waals surface area contributed by atoms with Gasteiger partial charge in [0.1, 0.15) is 6.26 Å². The lowest BCUT2D eigenvalue weighted by Gasteiger charge is -2.13. The molecular weight excluding hydrogens is 276 g/mol. The number of halogens is 2. The van der Waals surface area contributed by atoms with Crippen LogP contribution in [0.15, 0.2) is 9.65 Å². The highest BCUT2D eigenvalue weighted by Gasteiger charge is 2.22. The summed E-state index contributed by atoms with van der Waals surface area (Å²) in [4.78, 5) is 11.1. The Morgan fingerprint density at radius 2 is 1.82 bits per heavy atom. The molecule has 0 N–H and O–H groups in total. The van der Waals surface area contributed by atoms with E-state index < -0.39 is 5.41 Å². The molecule has 0 saturated carbocycles. The number of esters is 1. The van der Waals surface area contributed by atoms with Gasteiger partial charge in [0, 0.05) is 0 Å². The first-order valence-corrected chi connectivity index (χ1v) is 4.65. The second-order valence-corrected chi connectivity index (χ2v) is 5.84. The van der Waals surface area contributed by atoms with Gasteiger partial charge < -0.3 is 4.74 Å². The Balaban J connectivity index is 4.01. The Kier molecular flexibility index (Phi) is 4.32. The average molecular weight is 286 g/mol. The van der Waals surface area contributed by atoms with E-state index in [-0.39, 0.29) is 5.97 Å². The van der Waals surface area contributed by atoms with E-state index in [0.717, 1.165) is 0 Å². The van der Waals surface area contributed by atoms with Gasteiger partial charge in [0.05, 0.1) is 8.81 Å². The largest absolute Gasteiger partial charge is 0.432 e. The summed E-state index contributed by atoms with van der Waals surface area (Å²) in [6.07, 6.45) is 1.31. The topological polar surface area (TPSA) is 26.3 Å². The first kappa shape index (κ1) is 11.2. The van der Waals surface area contributed by atoms with Crippen LogP contribution in [0.5, 0.6) is 0 Å². The van der Waals surface area contributed by atoms with E-state index >= 15 is 0 Å². The van der Waals surface area contributed by atoms with Crippen molar-refractivity contribution in [1.82, 2.24) is 0 Å². The van der Waals surface area contributed by atoms with Crippen molar-refractivity contribution in [2.24, 2.45) is 5.41 Å². The summed E-state index contributed by atoms with van der Waals surface area (Å²) < 4.78 is 5.39. The summed E-state index contributed by atoms with van der Waals surface area (Å²) in [5.41, 5.74) is -0.452. The lowest BCUT2D eigenvalue weighted by atomic mass is 9.98. The standard InChI is InChI=1S/C7H10Br2O2/c1-7(2,3)6(10)11-4-5(8)9/h4H,1-3H3. The van der Waals surface area contributed by atoms with Gasteiger partial charge in [0.15, 0.2) is 0 Å². The first-order chi connectivity index (χ1) is 4.84. The zero-order valence-corrected chi connectivity index (χ0v) is 9.82. The van der Waals surface area contributed by atoms with Gasteiger partial charge >= 0.3 is 5.97 Å². The Morgan fingerprint density at radius 3 is 2.09 bits per heavy atom. The minimum Gasteiger partial charge on any atom is -0.432 e. The molecule has 0 aliphatic carbocycles. The summed E-state index contributed by atoms with van der Waals surface area (Å²) >= 11 is 6.14. The molecule has 0 radical (unpaired) electrons. The van der Waals surface area contributed by atoms with Crippen molar-refractivity contribution in [2.45, 2.75) is 20.8 Å². The van der Waals surface area contributed by atoms with Crippen molar-refractivity contribution in [2.75, 3.05) is 0 Å². The molecule has 11 heavy (non-hydrogen) atoms. The molecule has 0 heterocycles. The van der Waals surface area contributed by atoms with Gasteiger partial charge in [0.2, 0.25) is 0 Å². The third kappa shape index (κ3) is 5.44. The minimum absolute atomic E-state index is 0.256. The van der Waals surface area contributed by atoms with Crippen LogP contribution in [0.1, 0.15) is 20.8 Å². The second kappa shape index (κ2) is 4.26. The Labute approximate surface area is 83.2 Å². The molecular formula is C7H10Br2O2. The maximum absolute atomic E-state index is 11.1. The van der Waals surface area contributed by atoms with E-state index in [4.69, 9.17) is 4.74 Å². The van der Waals surface area contributed by atoms with Crippen LogP contribution < -0.4 is 0 Å². The molecule has 0 aromatic carbocycles. The van der Waals surface area contributed by atoms with Crippen LogP contribution in [0, 0.1) is 5.41 Å². The summed E-state index contributed by atoms with van der Waals surface area (Å²) in [6.45, 7) is 5.39. The van der Waals surface area contributed by atoms with E-state index in [1.807, 2.05) is 0 Å². The fourth-order valence-corrected chi connectivity index (χ4v) is 0.462. The van der Waals surface area contributed by atoms with Gasteiger partial charge in [-0.3, -0.25) is 4.79 Å². The average Bonchev–Trinajstić information content (AvgIpc) is 1.80. The highest BCUT2D eigenvalue weighted by molar-refractivity contribution is 9.28. The molecule has 0 rings (SSSR count). The maximum atomic E-state index is 11.1. The second-order valence-electron chi connectivity index (χ2n) is 3.06. The summed E-state index contributed by atoms with van der Waals surface area (Å²) in [6, 6.07) is 0. The number of hydrogen-bond acceptors (Lipinski definition) is 2. The highest BCUT2D eigenvalue weighted by Crippen LogP contribution is 2.18. The number of carbonyl (C=O) groups excluding carboxylic acids is 1. The molecule has 2 nitrogen and oxygen atoms in total. The van der Waals surface area contributed by atoms with Crippen molar-refractivity contribution in [3.8, 4) is 0 Å². The maximum Gasteiger partial charge on any atom is 0.316 e. The molecule has 0 amide bonds. The molecule has 0 aromatic rings. The molecule has 0 atom stereocenters. The van der Waals surface area contributed by atoms with Crippen LogP contribution in [-0.2, 0) is 9.53 Å². The number of rotatable bonds is 1. The van der Waals surface area contributed by atoms with Crippen LogP contribution >= 0.6 is 31.9 Å². The quantitative estimate of drug-likeness (QED) is 0.546. The van der Waals surface area contributed by atoms with Gasteiger partial charge in [-0.2, -0.15) is 0 Å². The van der Waals surface area contributed by atoms with E-state index in [1.54, 1.807) is 20.8 Å². The van der Waals surface area contributed by atoms with Crippen molar-refractivity contribution in [3.05, 3.63) is 9.65 Å². The van der Waals surface area contributed by atoms with Gasteiger partial charge in [-0.1, -0.05) is 0 Å². The molecule has 0 aliphatic heterocycles. The van der Waals surface area contributed by atoms with Crippen molar-refractivity contribution >= 4 is 37.8 Å². The van der Waals surface area contributed by atoms with Crippen molar-refractivity contribution < 1.29 is 9.53 Å². The number of ether oxygens (including phenoxy) is 1. The fraction of sp³-hybridized carbons (Fsp3) is 0.571. The molecule has 0 saturated heterocycles. The monoisotopic (exact) mass is 284 g/mol. The molecule has 0 aliphatic rings. The van der Waals surface area contributed by atoms with Gasteiger partial charge in [0.25, 0.3) is 0 Å². The summed E-state index contributed by atoms with van der Waals surface area (Å²) in [5, 5.41) is 0. The molecule has 0 aromatic heterocycles. The summed E-state index contributed by atoms with van der Waals surface area (Å²) in [7, 11) is 0. The van der Waals surface area contributed by atoms with E-state index in [0.29, 0.717) is 3.39 Å². The van der Waals surface area contributed by atoms with Crippen LogP contribution in [0.3, 0.4) is 0 Å².